The average molecular weight is 531 g/mol. The van der Waals surface area contributed by atoms with Crippen LogP contribution in [0.1, 0.15) is 54.0 Å². The number of carbonyl (C=O) groups is 1. The summed E-state index contributed by atoms with van der Waals surface area (Å²) in [4.78, 5) is 19.3. The molecule has 1 amide bonds. The van der Waals surface area contributed by atoms with Crippen LogP contribution in [0, 0.1) is 5.92 Å². The standard InChI is InChI=1S/C23H24BrCl3N2O/c24-17-10-16-4-3-15-11-18(26)12-19(27)21(15)22(23(16)28-13-17)14-5-8-29(9-6-14)20(30)2-1-7-25/h10-14,22H,1-9H2. The van der Waals surface area contributed by atoms with E-state index in [1.165, 1.54) is 16.7 Å². The van der Waals surface area contributed by atoms with E-state index in [1.807, 2.05) is 17.2 Å². The Labute approximate surface area is 201 Å². The van der Waals surface area contributed by atoms with Crippen molar-refractivity contribution in [3.8, 4) is 0 Å². The number of hydrogen-bond donors (Lipinski definition) is 0. The van der Waals surface area contributed by atoms with Crippen LogP contribution in [0.25, 0.3) is 0 Å². The van der Waals surface area contributed by atoms with E-state index in [4.69, 9.17) is 39.8 Å². The Balaban J connectivity index is 1.67. The highest BCUT2D eigenvalue weighted by molar-refractivity contribution is 9.10. The highest BCUT2D eigenvalue weighted by Gasteiger charge is 2.36. The van der Waals surface area contributed by atoms with Gasteiger partial charge in [0.25, 0.3) is 0 Å². The molecule has 1 atom stereocenters. The van der Waals surface area contributed by atoms with E-state index >= 15 is 0 Å². The van der Waals surface area contributed by atoms with Gasteiger partial charge in [-0.05, 0) is 88.8 Å². The van der Waals surface area contributed by atoms with Crippen molar-refractivity contribution in [3.05, 3.63) is 61.3 Å². The fraction of sp³-hybridized carbons (Fsp3) is 0.478. The van der Waals surface area contributed by atoms with E-state index in [0.717, 1.165) is 60.4 Å². The van der Waals surface area contributed by atoms with Crippen LogP contribution in [0.3, 0.4) is 0 Å². The Kier molecular flexibility index (Phi) is 7.29. The maximum atomic E-state index is 12.4. The summed E-state index contributed by atoms with van der Waals surface area (Å²) in [6, 6.07) is 6.09. The first-order valence-corrected chi connectivity index (χ1v) is 12.5. The minimum absolute atomic E-state index is 0.121. The number of aromatic nitrogens is 1. The lowest BCUT2D eigenvalue weighted by atomic mass is 9.76. The van der Waals surface area contributed by atoms with Gasteiger partial charge in [0.2, 0.25) is 5.91 Å². The van der Waals surface area contributed by atoms with Crippen molar-refractivity contribution in [1.82, 2.24) is 9.88 Å². The van der Waals surface area contributed by atoms with Crippen molar-refractivity contribution < 1.29 is 4.79 Å². The van der Waals surface area contributed by atoms with Crippen molar-refractivity contribution in [2.75, 3.05) is 19.0 Å². The van der Waals surface area contributed by atoms with E-state index in [-0.39, 0.29) is 11.8 Å². The molecular formula is C23H24BrCl3N2O. The Morgan fingerprint density at radius 3 is 2.60 bits per heavy atom. The van der Waals surface area contributed by atoms with Crippen LogP contribution < -0.4 is 0 Å². The first kappa shape index (κ1) is 22.4. The number of amides is 1. The number of alkyl halides is 1. The third-order valence-corrected chi connectivity index (χ3v) is 7.54. The Morgan fingerprint density at radius 1 is 1.13 bits per heavy atom. The number of fused-ring (bicyclic) bond motifs is 2. The summed E-state index contributed by atoms with van der Waals surface area (Å²) < 4.78 is 0.995. The molecular weight excluding hydrogens is 507 g/mol. The molecule has 160 valence electrons. The van der Waals surface area contributed by atoms with Crippen molar-refractivity contribution >= 4 is 56.6 Å². The SMILES string of the molecule is O=C(CCCCl)N1CCC(C2c3ncc(Br)cc3CCc3cc(Cl)cc(Cl)c32)CC1. The number of hydrogen-bond acceptors (Lipinski definition) is 2. The molecule has 2 aromatic rings. The maximum Gasteiger partial charge on any atom is 0.222 e. The smallest absolute Gasteiger partial charge is 0.222 e. The number of nitrogens with zero attached hydrogens (tertiary/aromatic N) is 2. The highest BCUT2D eigenvalue weighted by atomic mass is 79.9. The normalized spacial score (nSPS) is 19.2. The van der Waals surface area contributed by atoms with Gasteiger partial charge < -0.3 is 4.90 Å². The molecule has 1 aromatic heterocycles. The third kappa shape index (κ3) is 4.67. The van der Waals surface area contributed by atoms with Gasteiger partial charge in [0.1, 0.15) is 0 Å². The number of carbonyl (C=O) groups excluding carboxylic acids is 1. The van der Waals surface area contributed by atoms with Crippen LogP contribution in [0.4, 0.5) is 0 Å². The molecule has 1 aromatic carbocycles. The predicted octanol–water partition coefficient (Wildman–Crippen LogP) is 6.64. The zero-order valence-electron chi connectivity index (χ0n) is 16.6. The summed E-state index contributed by atoms with van der Waals surface area (Å²) in [5.74, 6) is 1.24. The zero-order chi connectivity index (χ0) is 21.3. The second-order valence-corrected chi connectivity index (χ2v) is 10.3. The monoisotopic (exact) mass is 528 g/mol. The number of pyridine rings is 1. The summed E-state index contributed by atoms with van der Waals surface area (Å²) in [5.41, 5.74) is 4.76. The molecule has 30 heavy (non-hydrogen) atoms. The molecule has 2 heterocycles. The molecule has 0 radical (unpaired) electrons. The lowest BCUT2D eigenvalue weighted by molar-refractivity contribution is -0.132. The Hall–Kier alpha value is -0.810. The number of likely N-dealkylation sites (tertiary alicyclic amines) is 1. The van der Waals surface area contributed by atoms with E-state index in [2.05, 4.69) is 28.1 Å². The lowest BCUT2D eigenvalue weighted by Gasteiger charge is -2.37. The van der Waals surface area contributed by atoms with Crippen molar-refractivity contribution in [1.29, 1.82) is 0 Å². The topological polar surface area (TPSA) is 33.2 Å². The second-order valence-electron chi connectivity index (χ2n) is 8.15. The molecule has 1 aliphatic carbocycles. The molecule has 0 N–H and O–H groups in total. The van der Waals surface area contributed by atoms with Crippen molar-refractivity contribution in [3.63, 3.8) is 0 Å². The van der Waals surface area contributed by atoms with Crippen LogP contribution in [-0.2, 0) is 17.6 Å². The van der Waals surface area contributed by atoms with Crippen LogP contribution in [0.2, 0.25) is 10.0 Å². The van der Waals surface area contributed by atoms with Gasteiger partial charge in [0.15, 0.2) is 0 Å². The predicted molar refractivity (Wildman–Crippen MR) is 127 cm³/mol. The third-order valence-electron chi connectivity index (χ3n) is 6.31. The van der Waals surface area contributed by atoms with E-state index in [1.54, 1.807) is 0 Å². The van der Waals surface area contributed by atoms with Crippen LogP contribution in [-0.4, -0.2) is 34.8 Å². The van der Waals surface area contributed by atoms with E-state index in [9.17, 15) is 4.79 Å². The summed E-state index contributed by atoms with van der Waals surface area (Å²) in [7, 11) is 0. The highest BCUT2D eigenvalue weighted by Crippen LogP contribution is 2.46. The van der Waals surface area contributed by atoms with Crippen molar-refractivity contribution in [2.24, 2.45) is 5.92 Å². The average Bonchev–Trinajstić information content (AvgIpc) is 2.89. The Bertz CT molecular complexity index is 944. The molecule has 4 rings (SSSR count). The van der Waals surface area contributed by atoms with E-state index in [0.29, 0.717) is 23.2 Å². The number of benzene rings is 1. The molecule has 0 spiro atoms. The first-order valence-electron chi connectivity index (χ1n) is 10.4. The summed E-state index contributed by atoms with van der Waals surface area (Å²) in [6.07, 6.45) is 6.83. The van der Waals surface area contributed by atoms with Crippen LogP contribution in [0.15, 0.2) is 28.9 Å². The molecule has 1 fully saturated rings. The van der Waals surface area contributed by atoms with Gasteiger partial charge in [0.05, 0.1) is 5.69 Å². The van der Waals surface area contributed by atoms with Gasteiger partial charge in [-0.25, -0.2) is 0 Å². The minimum atomic E-state index is 0.121. The summed E-state index contributed by atoms with van der Waals surface area (Å²) >= 11 is 22.4. The maximum absolute atomic E-state index is 12.4. The number of rotatable bonds is 4. The van der Waals surface area contributed by atoms with E-state index < -0.39 is 0 Å². The molecule has 1 aliphatic heterocycles. The molecule has 1 saturated heterocycles. The summed E-state index contributed by atoms with van der Waals surface area (Å²) in [5, 5.41) is 1.40. The van der Waals surface area contributed by atoms with Gasteiger partial charge in [-0.3, -0.25) is 9.78 Å². The molecule has 2 aliphatic rings. The zero-order valence-corrected chi connectivity index (χ0v) is 20.5. The largest absolute Gasteiger partial charge is 0.343 e. The van der Waals surface area contributed by atoms with Gasteiger partial charge in [-0.2, -0.15) is 0 Å². The minimum Gasteiger partial charge on any atom is -0.343 e. The quantitative estimate of drug-likeness (QED) is 0.415. The number of piperidine rings is 1. The number of halogens is 4. The van der Waals surface area contributed by atoms with Crippen LogP contribution >= 0.6 is 50.7 Å². The van der Waals surface area contributed by atoms with Crippen molar-refractivity contribution in [2.45, 2.75) is 44.4 Å². The summed E-state index contributed by atoms with van der Waals surface area (Å²) in [6.45, 7) is 1.55. The number of aryl methyl sites for hydroxylation is 2. The van der Waals surface area contributed by atoms with Gasteiger partial charge in [-0.1, -0.05) is 23.2 Å². The molecule has 0 bridgehead atoms. The lowest BCUT2D eigenvalue weighted by Crippen LogP contribution is -2.40. The fourth-order valence-corrected chi connectivity index (χ4v) is 6.05. The first-order chi connectivity index (χ1) is 14.5. The second kappa shape index (κ2) is 9.77. The fourth-order valence-electron chi connectivity index (χ4n) is 4.89. The van der Waals surface area contributed by atoms with Crippen LogP contribution in [0.5, 0.6) is 0 Å². The molecule has 7 heteroatoms. The van der Waals surface area contributed by atoms with Gasteiger partial charge >= 0.3 is 0 Å². The molecule has 3 nitrogen and oxygen atoms in total. The van der Waals surface area contributed by atoms with Gasteiger partial charge in [0, 0.05) is 52.0 Å². The molecule has 0 saturated carbocycles. The molecule has 1 unspecified atom stereocenters. The van der Waals surface area contributed by atoms with Gasteiger partial charge in [-0.15, -0.1) is 11.6 Å². The Morgan fingerprint density at radius 2 is 1.87 bits per heavy atom.